The number of hydrogen-bond donors (Lipinski definition) is 1. The second-order valence-electron chi connectivity index (χ2n) is 3.19. The first-order chi connectivity index (χ1) is 6.74. The highest BCUT2D eigenvalue weighted by atomic mass is 15.2. The number of nitrogens with zero attached hydrogens (tertiary/aromatic N) is 3. The summed E-state index contributed by atoms with van der Waals surface area (Å²) in [6.07, 6.45) is 8.49. The molecule has 14 heavy (non-hydrogen) atoms. The van der Waals surface area contributed by atoms with E-state index in [1.165, 1.54) is 0 Å². The van der Waals surface area contributed by atoms with Gasteiger partial charge in [0.15, 0.2) is 0 Å². The van der Waals surface area contributed by atoms with Gasteiger partial charge < -0.3 is 10.6 Å². The van der Waals surface area contributed by atoms with Crippen LogP contribution in [0.5, 0.6) is 0 Å². The van der Waals surface area contributed by atoms with Gasteiger partial charge in [-0.2, -0.15) is 0 Å². The Bertz CT molecular complexity index is 289. The van der Waals surface area contributed by atoms with Gasteiger partial charge in [-0.25, -0.2) is 9.97 Å². The van der Waals surface area contributed by atoms with E-state index in [4.69, 9.17) is 5.73 Å². The molecule has 0 aliphatic carbocycles. The average Bonchev–Trinajstić information content (AvgIpc) is 2.19. The molecular weight excluding hydrogens is 176 g/mol. The maximum Gasteiger partial charge on any atom is 0.224 e. The van der Waals surface area contributed by atoms with Gasteiger partial charge in [0.25, 0.3) is 0 Å². The summed E-state index contributed by atoms with van der Waals surface area (Å²) >= 11 is 0. The summed E-state index contributed by atoms with van der Waals surface area (Å²) in [5.41, 5.74) is 6.37. The molecule has 0 saturated carbocycles. The van der Waals surface area contributed by atoms with E-state index in [2.05, 4.69) is 9.97 Å². The van der Waals surface area contributed by atoms with Gasteiger partial charge in [-0.1, -0.05) is 12.2 Å². The van der Waals surface area contributed by atoms with E-state index in [-0.39, 0.29) is 0 Å². The van der Waals surface area contributed by atoms with Gasteiger partial charge >= 0.3 is 0 Å². The van der Waals surface area contributed by atoms with Crippen molar-refractivity contribution in [3.05, 3.63) is 24.0 Å². The van der Waals surface area contributed by atoms with Crippen molar-refractivity contribution in [2.75, 3.05) is 25.5 Å². The van der Waals surface area contributed by atoms with Gasteiger partial charge in [-0.3, -0.25) is 0 Å². The molecule has 1 aromatic heterocycles. The molecule has 4 nitrogen and oxygen atoms in total. The highest BCUT2D eigenvalue weighted by molar-refractivity contribution is 5.47. The number of anilines is 1. The highest BCUT2D eigenvalue weighted by Crippen LogP contribution is 2.04. The summed E-state index contributed by atoms with van der Waals surface area (Å²) in [6, 6.07) is 0. The Morgan fingerprint density at radius 1 is 1.36 bits per heavy atom. The summed E-state index contributed by atoms with van der Waals surface area (Å²) in [5.74, 6) is 0.723. The van der Waals surface area contributed by atoms with Crippen LogP contribution in [0.4, 0.5) is 5.95 Å². The summed E-state index contributed by atoms with van der Waals surface area (Å²) < 4.78 is 0. The Morgan fingerprint density at radius 3 is 2.50 bits per heavy atom. The van der Waals surface area contributed by atoms with Gasteiger partial charge in [0.05, 0.1) is 0 Å². The molecule has 0 bridgehead atoms. The first kappa shape index (κ1) is 10.7. The van der Waals surface area contributed by atoms with Gasteiger partial charge in [-0.05, 0) is 13.0 Å². The number of hydrogen-bond acceptors (Lipinski definition) is 4. The van der Waals surface area contributed by atoms with Crippen molar-refractivity contribution in [2.45, 2.75) is 6.42 Å². The van der Waals surface area contributed by atoms with Crippen LogP contribution >= 0.6 is 0 Å². The van der Waals surface area contributed by atoms with Crippen LogP contribution in [-0.4, -0.2) is 30.6 Å². The Morgan fingerprint density at radius 2 is 2.00 bits per heavy atom. The SMILES string of the molecule is CN(C)c1ncc(C=CCCN)cn1. The average molecular weight is 192 g/mol. The van der Waals surface area contributed by atoms with Gasteiger partial charge in [0.2, 0.25) is 5.95 Å². The molecule has 0 radical (unpaired) electrons. The van der Waals surface area contributed by atoms with E-state index in [1.807, 2.05) is 31.1 Å². The molecule has 1 heterocycles. The molecule has 1 aromatic rings. The molecule has 1 rings (SSSR count). The van der Waals surface area contributed by atoms with E-state index in [0.717, 1.165) is 17.9 Å². The molecule has 0 spiro atoms. The largest absolute Gasteiger partial charge is 0.347 e. The van der Waals surface area contributed by atoms with E-state index in [1.54, 1.807) is 12.4 Å². The summed E-state index contributed by atoms with van der Waals surface area (Å²) in [5, 5.41) is 0. The molecule has 2 N–H and O–H groups in total. The van der Waals surface area contributed by atoms with E-state index < -0.39 is 0 Å². The Labute approximate surface area is 84.5 Å². The smallest absolute Gasteiger partial charge is 0.224 e. The van der Waals surface area contributed by atoms with Crippen molar-refractivity contribution in [1.29, 1.82) is 0 Å². The van der Waals surface area contributed by atoms with Crippen LogP contribution in [0.1, 0.15) is 12.0 Å². The highest BCUT2D eigenvalue weighted by Gasteiger charge is 1.96. The second kappa shape index (κ2) is 5.34. The molecular formula is C10H16N4. The normalized spacial score (nSPS) is 10.8. The molecule has 0 aliphatic heterocycles. The van der Waals surface area contributed by atoms with E-state index in [0.29, 0.717) is 6.54 Å². The third kappa shape index (κ3) is 3.14. The number of rotatable bonds is 4. The lowest BCUT2D eigenvalue weighted by atomic mass is 10.3. The van der Waals surface area contributed by atoms with Crippen LogP contribution in [0, 0.1) is 0 Å². The van der Waals surface area contributed by atoms with Crippen molar-refractivity contribution in [2.24, 2.45) is 5.73 Å². The summed E-state index contributed by atoms with van der Waals surface area (Å²) in [7, 11) is 3.83. The third-order valence-electron chi connectivity index (χ3n) is 1.70. The van der Waals surface area contributed by atoms with Crippen molar-refractivity contribution in [1.82, 2.24) is 9.97 Å². The standard InChI is InChI=1S/C10H16N4/c1-14(2)10-12-7-9(8-13-10)5-3-4-6-11/h3,5,7-8H,4,6,11H2,1-2H3. The van der Waals surface area contributed by atoms with Crippen LogP contribution in [0.2, 0.25) is 0 Å². The molecule has 0 aliphatic rings. The third-order valence-corrected chi connectivity index (χ3v) is 1.70. The minimum atomic E-state index is 0.674. The fraction of sp³-hybridized carbons (Fsp3) is 0.400. The van der Waals surface area contributed by atoms with Gasteiger partial charge in [0, 0.05) is 32.1 Å². The molecule has 0 fully saturated rings. The maximum absolute atomic E-state index is 5.37. The zero-order valence-electron chi connectivity index (χ0n) is 8.64. The van der Waals surface area contributed by atoms with Crippen LogP contribution in [0.3, 0.4) is 0 Å². The fourth-order valence-corrected chi connectivity index (χ4v) is 0.964. The molecule has 0 amide bonds. The van der Waals surface area contributed by atoms with Crippen LogP contribution in [-0.2, 0) is 0 Å². The van der Waals surface area contributed by atoms with Crippen LogP contribution < -0.4 is 10.6 Å². The first-order valence-electron chi connectivity index (χ1n) is 4.60. The Hall–Kier alpha value is -1.42. The lowest BCUT2D eigenvalue weighted by molar-refractivity contribution is 0.993. The van der Waals surface area contributed by atoms with Gasteiger partial charge in [-0.15, -0.1) is 0 Å². The molecule has 0 saturated heterocycles. The number of nitrogens with two attached hydrogens (primary N) is 1. The molecule has 0 unspecified atom stereocenters. The number of aromatic nitrogens is 2. The molecule has 0 aromatic carbocycles. The maximum atomic E-state index is 5.37. The Balaban J connectivity index is 2.64. The van der Waals surface area contributed by atoms with E-state index in [9.17, 15) is 0 Å². The predicted octanol–water partition coefficient (Wildman–Crippen LogP) is 0.905. The van der Waals surface area contributed by atoms with Crippen molar-refractivity contribution in [3.63, 3.8) is 0 Å². The minimum Gasteiger partial charge on any atom is -0.347 e. The monoisotopic (exact) mass is 192 g/mol. The molecule has 0 atom stereocenters. The molecule has 76 valence electrons. The van der Waals surface area contributed by atoms with Crippen molar-refractivity contribution in [3.8, 4) is 0 Å². The predicted molar refractivity (Wildman–Crippen MR) is 59.1 cm³/mol. The zero-order chi connectivity index (χ0) is 10.4. The summed E-state index contributed by atoms with van der Waals surface area (Å²) in [4.78, 5) is 10.2. The van der Waals surface area contributed by atoms with Crippen molar-refractivity contribution >= 4 is 12.0 Å². The van der Waals surface area contributed by atoms with Gasteiger partial charge in [0.1, 0.15) is 0 Å². The topological polar surface area (TPSA) is 55.0 Å². The lowest BCUT2D eigenvalue weighted by Crippen LogP contribution is -2.12. The zero-order valence-corrected chi connectivity index (χ0v) is 8.64. The van der Waals surface area contributed by atoms with E-state index >= 15 is 0 Å². The van der Waals surface area contributed by atoms with Crippen LogP contribution in [0.15, 0.2) is 18.5 Å². The van der Waals surface area contributed by atoms with Crippen LogP contribution in [0.25, 0.3) is 6.08 Å². The first-order valence-corrected chi connectivity index (χ1v) is 4.60. The lowest BCUT2D eigenvalue weighted by Gasteiger charge is -2.08. The summed E-state index contributed by atoms with van der Waals surface area (Å²) in [6.45, 7) is 0.674. The van der Waals surface area contributed by atoms with Crippen molar-refractivity contribution < 1.29 is 0 Å². The Kier molecular flexibility index (Phi) is 4.07. The quantitative estimate of drug-likeness (QED) is 0.770. The second-order valence-corrected chi connectivity index (χ2v) is 3.19. The minimum absolute atomic E-state index is 0.674. The molecule has 4 heteroatoms. The fourth-order valence-electron chi connectivity index (χ4n) is 0.964.